The van der Waals surface area contributed by atoms with Crippen molar-refractivity contribution in [2.45, 2.75) is 45.4 Å². The smallest absolute Gasteiger partial charge is 0.309 e. The second-order valence-corrected chi connectivity index (χ2v) is 6.17. The molecule has 0 aromatic heterocycles. The summed E-state index contributed by atoms with van der Waals surface area (Å²) in [7, 11) is 0. The molecule has 1 aliphatic carbocycles. The molecule has 1 aromatic rings. The molecule has 2 heteroatoms. The van der Waals surface area contributed by atoms with Crippen LogP contribution in [0.5, 0.6) is 0 Å². The fraction of sp³-hybridized carbons (Fsp3) is 0.533. The van der Waals surface area contributed by atoms with Crippen molar-refractivity contribution in [1.82, 2.24) is 0 Å². The van der Waals surface area contributed by atoms with Crippen molar-refractivity contribution >= 4 is 5.97 Å². The molecule has 1 saturated carbocycles. The van der Waals surface area contributed by atoms with E-state index in [0.717, 1.165) is 12.8 Å². The van der Waals surface area contributed by atoms with Gasteiger partial charge < -0.3 is 5.11 Å². The Bertz CT molecular complexity index is 436. The van der Waals surface area contributed by atoms with Crippen molar-refractivity contribution < 1.29 is 9.90 Å². The molecule has 1 aromatic carbocycles. The first kappa shape index (κ1) is 12.2. The van der Waals surface area contributed by atoms with Crippen molar-refractivity contribution in [3.05, 3.63) is 35.4 Å². The molecule has 1 aliphatic rings. The van der Waals surface area contributed by atoms with Crippen molar-refractivity contribution in [3.8, 4) is 0 Å². The zero-order valence-electron chi connectivity index (χ0n) is 10.8. The van der Waals surface area contributed by atoms with Crippen molar-refractivity contribution in [3.63, 3.8) is 0 Å². The molecule has 0 atom stereocenters. The largest absolute Gasteiger partial charge is 0.481 e. The van der Waals surface area contributed by atoms with Crippen LogP contribution in [0.15, 0.2) is 24.3 Å². The average molecular weight is 232 g/mol. The highest BCUT2D eigenvalue weighted by Gasteiger charge is 2.50. The Balaban J connectivity index is 2.31. The van der Waals surface area contributed by atoms with E-state index >= 15 is 0 Å². The maximum Gasteiger partial charge on any atom is 0.309 e. The van der Waals surface area contributed by atoms with Crippen molar-refractivity contribution in [2.24, 2.45) is 5.41 Å². The molecule has 92 valence electrons. The first-order valence-corrected chi connectivity index (χ1v) is 6.17. The lowest BCUT2D eigenvalue weighted by molar-refractivity contribution is -0.143. The highest BCUT2D eigenvalue weighted by atomic mass is 16.4. The van der Waals surface area contributed by atoms with E-state index in [-0.39, 0.29) is 5.41 Å². The lowest BCUT2D eigenvalue weighted by Gasteiger charge is -2.24. The van der Waals surface area contributed by atoms with Crippen LogP contribution in [0.1, 0.15) is 44.7 Å². The zero-order valence-corrected chi connectivity index (χ0v) is 10.8. The number of benzene rings is 1. The molecule has 17 heavy (non-hydrogen) atoms. The third-order valence-electron chi connectivity index (χ3n) is 3.66. The Morgan fingerprint density at radius 1 is 1.29 bits per heavy atom. The lowest BCUT2D eigenvalue weighted by Crippen LogP contribution is -2.21. The molecule has 0 spiro atoms. The van der Waals surface area contributed by atoms with Gasteiger partial charge in [0.15, 0.2) is 0 Å². The summed E-state index contributed by atoms with van der Waals surface area (Å²) in [6.45, 7) is 6.52. The number of carboxylic acids is 1. The van der Waals surface area contributed by atoms with E-state index in [9.17, 15) is 9.90 Å². The fourth-order valence-corrected chi connectivity index (χ4v) is 2.39. The Morgan fingerprint density at radius 3 is 2.35 bits per heavy atom. The number of rotatable bonds is 3. The second kappa shape index (κ2) is 3.86. The average Bonchev–Trinajstić information content (AvgIpc) is 2.98. The van der Waals surface area contributed by atoms with Gasteiger partial charge in [-0.05, 0) is 35.8 Å². The minimum absolute atomic E-state index is 0.0746. The monoisotopic (exact) mass is 232 g/mol. The molecular weight excluding hydrogens is 212 g/mol. The summed E-state index contributed by atoms with van der Waals surface area (Å²) in [5.41, 5.74) is 2.07. The van der Waals surface area contributed by atoms with Crippen LogP contribution in [0.25, 0.3) is 0 Å². The van der Waals surface area contributed by atoms with Crippen LogP contribution in [0, 0.1) is 5.41 Å². The van der Waals surface area contributed by atoms with Crippen LogP contribution in [-0.2, 0) is 16.6 Å². The van der Waals surface area contributed by atoms with Crippen molar-refractivity contribution in [1.29, 1.82) is 0 Å². The standard InChI is InChI=1S/C15H20O2/c1-14(2,3)12-7-5-4-6-11(12)10-15(8-9-15)13(16)17/h4-7H,8-10H2,1-3H3,(H,16,17). The molecule has 0 heterocycles. The van der Waals surface area contributed by atoms with Gasteiger partial charge in [0.2, 0.25) is 0 Å². The summed E-state index contributed by atoms with van der Waals surface area (Å²) < 4.78 is 0. The van der Waals surface area contributed by atoms with E-state index in [2.05, 4.69) is 32.9 Å². The molecule has 0 saturated heterocycles. The van der Waals surface area contributed by atoms with Crippen LogP contribution in [0.4, 0.5) is 0 Å². The minimum Gasteiger partial charge on any atom is -0.481 e. The quantitative estimate of drug-likeness (QED) is 0.867. The van der Waals surface area contributed by atoms with Crippen molar-refractivity contribution in [2.75, 3.05) is 0 Å². The maximum absolute atomic E-state index is 11.2. The molecular formula is C15H20O2. The summed E-state index contributed by atoms with van der Waals surface area (Å²) in [5, 5.41) is 9.26. The highest BCUT2D eigenvalue weighted by molar-refractivity contribution is 5.78. The van der Waals surface area contributed by atoms with Gasteiger partial charge in [0, 0.05) is 0 Å². The second-order valence-electron chi connectivity index (χ2n) is 6.17. The van der Waals surface area contributed by atoms with Gasteiger partial charge in [-0.2, -0.15) is 0 Å². The third-order valence-corrected chi connectivity index (χ3v) is 3.66. The number of carboxylic acid groups (broad SMARTS) is 1. The molecule has 0 radical (unpaired) electrons. The normalized spacial score (nSPS) is 17.8. The molecule has 1 fully saturated rings. The summed E-state index contributed by atoms with van der Waals surface area (Å²) in [6.07, 6.45) is 2.32. The van der Waals surface area contributed by atoms with Crippen LogP contribution >= 0.6 is 0 Å². The molecule has 2 nitrogen and oxygen atoms in total. The fourth-order valence-electron chi connectivity index (χ4n) is 2.39. The number of hydrogen-bond acceptors (Lipinski definition) is 1. The highest BCUT2D eigenvalue weighted by Crippen LogP contribution is 2.49. The topological polar surface area (TPSA) is 37.3 Å². The van der Waals surface area contributed by atoms with E-state index in [4.69, 9.17) is 0 Å². The van der Waals surface area contributed by atoms with Gasteiger partial charge in [-0.15, -0.1) is 0 Å². The van der Waals surface area contributed by atoms with Gasteiger partial charge in [-0.3, -0.25) is 4.79 Å². The predicted octanol–water partition coefficient (Wildman–Crippen LogP) is 3.39. The predicted molar refractivity (Wildman–Crippen MR) is 68.1 cm³/mol. The maximum atomic E-state index is 11.2. The third kappa shape index (κ3) is 2.36. The Hall–Kier alpha value is -1.31. The summed E-state index contributed by atoms with van der Waals surface area (Å²) in [4.78, 5) is 11.2. The summed E-state index contributed by atoms with van der Waals surface area (Å²) in [6, 6.07) is 8.23. The Morgan fingerprint density at radius 2 is 1.88 bits per heavy atom. The number of hydrogen-bond donors (Lipinski definition) is 1. The van der Waals surface area contributed by atoms with E-state index in [1.54, 1.807) is 0 Å². The van der Waals surface area contributed by atoms with E-state index in [1.165, 1.54) is 11.1 Å². The summed E-state index contributed by atoms with van der Waals surface area (Å²) >= 11 is 0. The van der Waals surface area contributed by atoms with E-state index < -0.39 is 11.4 Å². The molecule has 0 aliphatic heterocycles. The van der Waals surface area contributed by atoms with E-state index in [0.29, 0.717) is 6.42 Å². The molecule has 1 N–H and O–H groups in total. The molecule has 2 rings (SSSR count). The Labute approximate surface area is 103 Å². The van der Waals surface area contributed by atoms with E-state index in [1.807, 2.05) is 12.1 Å². The summed E-state index contributed by atoms with van der Waals surface area (Å²) in [5.74, 6) is -0.638. The van der Waals surface area contributed by atoms with Crippen LogP contribution < -0.4 is 0 Å². The van der Waals surface area contributed by atoms with Crippen LogP contribution in [-0.4, -0.2) is 11.1 Å². The Kier molecular flexibility index (Phi) is 2.76. The molecule has 0 bridgehead atoms. The van der Waals surface area contributed by atoms with Gasteiger partial charge in [-0.1, -0.05) is 45.0 Å². The first-order chi connectivity index (χ1) is 7.85. The lowest BCUT2D eigenvalue weighted by atomic mass is 9.81. The number of aliphatic carboxylic acids is 1. The first-order valence-electron chi connectivity index (χ1n) is 6.17. The number of carbonyl (C=O) groups is 1. The minimum atomic E-state index is -0.638. The van der Waals surface area contributed by atoms with Crippen LogP contribution in [0.3, 0.4) is 0 Å². The van der Waals surface area contributed by atoms with Gasteiger partial charge in [0.25, 0.3) is 0 Å². The van der Waals surface area contributed by atoms with Gasteiger partial charge in [0.1, 0.15) is 0 Å². The van der Waals surface area contributed by atoms with Gasteiger partial charge in [-0.25, -0.2) is 0 Å². The zero-order chi connectivity index (χ0) is 12.7. The van der Waals surface area contributed by atoms with Gasteiger partial charge in [0.05, 0.1) is 5.41 Å². The molecule has 0 unspecified atom stereocenters. The SMILES string of the molecule is CC(C)(C)c1ccccc1CC1(C(=O)O)CC1. The van der Waals surface area contributed by atoms with Gasteiger partial charge >= 0.3 is 5.97 Å². The van der Waals surface area contributed by atoms with Crippen LogP contribution in [0.2, 0.25) is 0 Å². The molecule has 0 amide bonds.